The molecule has 2 aromatic rings. The molecule has 6 nitrogen and oxygen atoms in total. The maximum absolute atomic E-state index is 13.1. The Morgan fingerprint density at radius 2 is 1.86 bits per heavy atom. The van der Waals surface area contributed by atoms with Crippen LogP contribution in [0.25, 0.3) is 0 Å². The Kier molecular flexibility index (Phi) is 7.19. The minimum absolute atomic E-state index is 0.0736. The van der Waals surface area contributed by atoms with Gasteiger partial charge in [0.2, 0.25) is 5.91 Å². The van der Waals surface area contributed by atoms with Gasteiger partial charge in [-0.25, -0.2) is 0 Å². The van der Waals surface area contributed by atoms with Gasteiger partial charge in [0.1, 0.15) is 5.60 Å². The van der Waals surface area contributed by atoms with Gasteiger partial charge in [0.15, 0.2) is 0 Å². The van der Waals surface area contributed by atoms with Gasteiger partial charge >= 0.3 is 0 Å². The molecular weight excluding hydrogens is 438 g/mol. The minimum Gasteiger partial charge on any atom is -0.395 e. The molecule has 0 radical (unpaired) electrons. The summed E-state index contributed by atoms with van der Waals surface area (Å²) in [5.74, 6) is 6.55. The number of aliphatic hydroxyl groups is 2. The summed E-state index contributed by atoms with van der Waals surface area (Å²) < 4.78 is 0. The van der Waals surface area contributed by atoms with Gasteiger partial charge < -0.3 is 15.1 Å². The Morgan fingerprint density at radius 1 is 1.09 bits per heavy atom. The van der Waals surface area contributed by atoms with Gasteiger partial charge in [0.05, 0.1) is 13.0 Å². The quantitative estimate of drug-likeness (QED) is 0.668. The van der Waals surface area contributed by atoms with Crippen molar-refractivity contribution in [2.45, 2.75) is 68.5 Å². The topological polar surface area (TPSA) is 76.9 Å². The second-order valence-electron chi connectivity index (χ2n) is 10.3. The summed E-state index contributed by atoms with van der Waals surface area (Å²) >= 11 is 0. The lowest BCUT2D eigenvalue weighted by atomic mass is 9.74. The van der Waals surface area contributed by atoms with Gasteiger partial charge in [0, 0.05) is 49.0 Å². The van der Waals surface area contributed by atoms with Crippen LogP contribution < -0.4 is 0 Å². The predicted molar refractivity (Wildman–Crippen MR) is 135 cm³/mol. The lowest BCUT2D eigenvalue weighted by Crippen LogP contribution is -2.68. The molecule has 3 aliphatic rings. The first-order valence-electron chi connectivity index (χ1n) is 13.0. The number of pyridine rings is 1. The van der Waals surface area contributed by atoms with Crippen molar-refractivity contribution in [3.63, 3.8) is 0 Å². The van der Waals surface area contributed by atoms with Crippen LogP contribution in [0.4, 0.5) is 0 Å². The van der Waals surface area contributed by atoms with Gasteiger partial charge in [-0.3, -0.25) is 14.7 Å². The molecule has 2 N–H and O–H groups in total. The smallest absolute Gasteiger partial charge is 0.227 e. The number of hydrogen-bond donors (Lipinski definition) is 2. The summed E-state index contributed by atoms with van der Waals surface area (Å²) in [6.45, 7) is 2.52. The molecule has 0 spiro atoms. The Labute approximate surface area is 208 Å². The number of rotatable bonds is 4. The van der Waals surface area contributed by atoms with E-state index >= 15 is 0 Å². The number of amides is 1. The van der Waals surface area contributed by atoms with E-state index in [9.17, 15) is 15.0 Å². The van der Waals surface area contributed by atoms with E-state index in [1.54, 1.807) is 12.4 Å². The average molecular weight is 474 g/mol. The van der Waals surface area contributed by atoms with E-state index in [-0.39, 0.29) is 30.5 Å². The van der Waals surface area contributed by atoms with Crippen LogP contribution in [-0.2, 0) is 11.2 Å². The van der Waals surface area contributed by atoms with Crippen LogP contribution >= 0.6 is 0 Å². The van der Waals surface area contributed by atoms with Gasteiger partial charge in [-0.05, 0) is 74.4 Å². The standard InChI is InChI=1S/C29H35N3O3/c33-21-26-28(24-9-7-22(8-10-24)11-14-29(35)12-1-2-13-29)25-20-31(16-3-4-17-32(25)26)27(34)18-23-6-5-15-30-19-23/h5-10,15,19,25-26,28,33,35H,1-4,12-13,16-18,20-21H2/t25-,26-,28-/m0/s1. The molecule has 1 aliphatic carbocycles. The average Bonchev–Trinajstić information content (AvgIpc) is 3.30. The molecule has 184 valence electrons. The first-order chi connectivity index (χ1) is 17.1. The zero-order chi connectivity index (χ0) is 24.3. The number of aliphatic hydroxyl groups excluding tert-OH is 1. The summed E-state index contributed by atoms with van der Waals surface area (Å²) in [5.41, 5.74) is 2.18. The molecule has 5 rings (SSSR count). The van der Waals surface area contributed by atoms with Crippen LogP contribution in [0.5, 0.6) is 0 Å². The first kappa shape index (κ1) is 24.0. The summed E-state index contributed by atoms with van der Waals surface area (Å²) in [6.07, 6.45) is 9.44. The van der Waals surface area contributed by atoms with Crippen molar-refractivity contribution in [2.75, 3.05) is 26.2 Å². The van der Waals surface area contributed by atoms with Crippen LogP contribution in [0.2, 0.25) is 0 Å². The van der Waals surface area contributed by atoms with Crippen molar-refractivity contribution >= 4 is 5.91 Å². The fraction of sp³-hybridized carbons (Fsp3) is 0.517. The minimum atomic E-state index is -0.834. The van der Waals surface area contributed by atoms with Gasteiger partial charge in [-0.1, -0.05) is 30.0 Å². The second-order valence-corrected chi connectivity index (χ2v) is 10.3. The molecule has 1 aromatic heterocycles. The zero-order valence-electron chi connectivity index (χ0n) is 20.3. The van der Waals surface area contributed by atoms with E-state index in [4.69, 9.17) is 0 Å². The number of hydrogen-bond acceptors (Lipinski definition) is 5. The molecule has 1 saturated carbocycles. The molecular formula is C29H35N3O3. The van der Waals surface area contributed by atoms with E-state index < -0.39 is 5.60 Å². The summed E-state index contributed by atoms with van der Waals surface area (Å²) in [7, 11) is 0. The highest BCUT2D eigenvalue weighted by Gasteiger charge is 2.49. The fourth-order valence-electron chi connectivity index (χ4n) is 6.02. The van der Waals surface area contributed by atoms with E-state index in [1.807, 2.05) is 29.2 Å². The monoisotopic (exact) mass is 473 g/mol. The van der Waals surface area contributed by atoms with Crippen LogP contribution in [0.1, 0.15) is 61.1 Å². The Hall–Kier alpha value is -2.72. The Bertz CT molecular complexity index is 1070. The molecule has 2 aliphatic heterocycles. The maximum Gasteiger partial charge on any atom is 0.227 e. The van der Waals surface area contributed by atoms with Crippen LogP contribution in [0.15, 0.2) is 48.8 Å². The lowest BCUT2D eigenvalue weighted by molar-refractivity contribution is -0.135. The molecule has 3 heterocycles. The van der Waals surface area contributed by atoms with Crippen LogP contribution in [-0.4, -0.2) is 74.8 Å². The Morgan fingerprint density at radius 3 is 2.57 bits per heavy atom. The number of carbonyl (C=O) groups excluding carboxylic acids is 1. The lowest BCUT2D eigenvalue weighted by Gasteiger charge is -2.57. The molecule has 1 aromatic carbocycles. The van der Waals surface area contributed by atoms with E-state index in [0.717, 1.165) is 62.7 Å². The molecule has 6 heteroatoms. The third-order valence-corrected chi connectivity index (χ3v) is 7.97. The largest absolute Gasteiger partial charge is 0.395 e. The molecule has 0 unspecified atom stereocenters. The number of fused-ring (bicyclic) bond motifs is 1. The van der Waals surface area contributed by atoms with Crippen LogP contribution in [0.3, 0.4) is 0 Å². The normalized spacial score (nSPS) is 26.0. The number of carbonyl (C=O) groups is 1. The maximum atomic E-state index is 13.1. The second kappa shape index (κ2) is 10.5. The third kappa shape index (κ3) is 5.28. The van der Waals surface area contributed by atoms with Crippen LogP contribution in [0, 0.1) is 11.8 Å². The molecule has 0 bridgehead atoms. The third-order valence-electron chi connectivity index (χ3n) is 7.97. The van der Waals surface area contributed by atoms with Gasteiger partial charge in [0.25, 0.3) is 0 Å². The highest BCUT2D eigenvalue weighted by atomic mass is 16.3. The number of nitrogens with zero attached hydrogens (tertiary/aromatic N) is 3. The van der Waals surface area contributed by atoms with Gasteiger partial charge in [-0.15, -0.1) is 0 Å². The molecule has 1 amide bonds. The molecule has 3 atom stereocenters. The summed E-state index contributed by atoms with van der Waals surface area (Å²) in [5, 5.41) is 20.7. The van der Waals surface area contributed by atoms with Crippen molar-refractivity contribution in [1.82, 2.24) is 14.8 Å². The van der Waals surface area contributed by atoms with Gasteiger partial charge in [-0.2, -0.15) is 0 Å². The molecule has 2 saturated heterocycles. The van der Waals surface area contributed by atoms with Crippen molar-refractivity contribution in [1.29, 1.82) is 0 Å². The summed E-state index contributed by atoms with van der Waals surface area (Å²) in [4.78, 5) is 21.7. The van der Waals surface area contributed by atoms with E-state index in [2.05, 4.69) is 33.9 Å². The Balaban J connectivity index is 1.31. The van der Waals surface area contributed by atoms with E-state index in [1.165, 1.54) is 5.56 Å². The SMILES string of the molecule is O=C(Cc1cccnc1)N1CCCCN2[C@@H](CO)[C@@H](c3ccc(C#CC4(O)CCCC4)cc3)[C@@H]2C1. The van der Waals surface area contributed by atoms with E-state index in [0.29, 0.717) is 13.0 Å². The number of benzene rings is 1. The number of aromatic nitrogens is 1. The van der Waals surface area contributed by atoms with Crippen molar-refractivity contribution in [3.05, 3.63) is 65.5 Å². The molecule has 35 heavy (non-hydrogen) atoms. The fourth-order valence-corrected chi connectivity index (χ4v) is 6.02. The van der Waals surface area contributed by atoms with Crippen molar-refractivity contribution < 1.29 is 15.0 Å². The predicted octanol–water partition coefficient (Wildman–Crippen LogP) is 2.73. The van der Waals surface area contributed by atoms with Crippen molar-refractivity contribution in [3.8, 4) is 11.8 Å². The zero-order valence-corrected chi connectivity index (χ0v) is 20.3. The highest BCUT2D eigenvalue weighted by molar-refractivity contribution is 5.78. The molecule has 3 fully saturated rings. The highest BCUT2D eigenvalue weighted by Crippen LogP contribution is 2.42. The summed E-state index contributed by atoms with van der Waals surface area (Å²) in [6, 6.07) is 12.3. The van der Waals surface area contributed by atoms with Crippen molar-refractivity contribution in [2.24, 2.45) is 0 Å². The first-order valence-corrected chi connectivity index (χ1v) is 13.0.